The van der Waals surface area contributed by atoms with Gasteiger partial charge in [-0.05, 0) is 49.7 Å². The summed E-state index contributed by atoms with van der Waals surface area (Å²) < 4.78 is 0. The first-order valence-corrected chi connectivity index (χ1v) is 6.46. The van der Waals surface area contributed by atoms with Gasteiger partial charge >= 0.3 is 0 Å². The molecule has 1 aliphatic carbocycles. The first kappa shape index (κ1) is 14.2. The maximum absolute atomic E-state index is 10.6. The molecule has 2 heteroatoms. The lowest BCUT2D eigenvalue weighted by molar-refractivity contribution is -0.104. The van der Waals surface area contributed by atoms with Crippen LogP contribution in [0.1, 0.15) is 47.0 Å². The molecule has 0 radical (unpaired) electrons. The highest BCUT2D eigenvalue weighted by molar-refractivity contribution is 6.39. The lowest BCUT2D eigenvalue weighted by atomic mass is 9.72. The molecule has 0 N–H and O–H groups in total. The normalized spacial score (nSPS) is 21.7. The van der Waals surface area contributed by atoms with Crippen molar-refractivity contribution in [2.75, 3.05) is 0 Å². The number of rotatable bonds is 3. The average molecular weight is 253 g/mol. The second-order valence-corrected chi connectivity index (χ2v) is 5.82. The number of hydrogen-bond donors (Lipinski definition) is 0. The van der Waals surface area contributed by atoms with Gasteiger partial charge in [0.1, 0.15) is 0 Å². The van der Waals surface area contributed by atoms with Gasteiger partial charge in [0.25, 0.3) is 0 Å². The highest BCUT2D eigenvalue weighted by Crippen LogP contribution is 2.40. The van der Waals surface area contributed by atoms with Crippen molar-refractivity contribution in [3.05, 3.63) is 33.9 Å². The van der Waals surface area contributed by atoms with Gasteiger partial charge in [-0.3, -0.25) is 4.79 Å². The Balaban J connectivity index is 3.01. The van der Waals surface area contributed by atoms with E-state index in [2.05, 4.69) is 26.8 Å². The van der Waals surface area contributed by atoms with E-state index in [0.29, 0.717) is 6.29 Å². The fourth-order valence-electron chi connectivity index (χ4n) is 2.39. The second-order valence-electron chi connectivity index (χ2n) is 5.41. The van der Waals surface area contributed by atoms with Crippen molar-refractivity contribution >= 4 is 17.9 Å². The largest absolute Gasteiger partial charge is 0.297 e. The van der Waals surface area contributed by atoms with Gasteiger partial charge in [-0.1, -0.05) is 43.2 Å². The van der Waals surface area contributed by atoms with Crippen molar-refractivity contribution < 1.29 is 4.79 Å². The van der Waals surface area contributed by atoms with E-state index in [0.717, 1.165) is 5.57 Å². The topological polar surface area (TPSA) is 17.1 Å². The van der Waals surface area contributed by atoms with Gasteiger partial charge < -0.3 is 0 Å². The van der Waals surface area contributed by atoms with Crippen molar-refractivity contribution in [1.82, 2.24) is 0 Å². The van der Waals surface area contributed by atoms with E-state index < -0.39 is 0 Å². The molecule has 1 rings (SSSR count). The summed E-state index contributed by atoms with van der Waals surface area (Å²) in [7, 11) is 0. The summed E-state index contributed by atoms with van der Waals surface area (Å²) >= 11 is 5.79. The van der Waals surface area contributed by atoms with Crippen LogP contribution in [0, 0.1) is 5.41 Å². The molecule has 0 amide bonds. The molecule has 1 nitrogen and oxygen atoms in total. The Morgan fingerprint density at radius 3 is 2.59 bits per heavy atom. The van der Waals surface area contributed by atoms with Gasteiger partial charge in [-0.2, -0.15) is 0 Å². The first-order valence-electron chi connectivity index (χ1n) is 6.08. The quantitative estimate of drug-likeness (QED) is 0.401. The Morgan fingerprint density at radius 2 is 2.06 bits per heavy atom. The highest BCUT2D eigenvalue weighted by Gasteiger charge is 2.26. The molecule has 0 aromatic rings. The lowest BCUT2D eigenvalue weighted by Crippen LogP contribution is -2.19. The molecule has 1 aliphatic rings. The van der Waals surface area contributed by atoms with Gasteiger partial charge in [0.05, 0.1) is 5.03 Å². The summed E-state index contributed by atoms with van der Waals surface area (Å²) in [5.74, 6) is 0. The van der Waals surface area contributed by atoms with E-state index in [1.54, 1.807) is 0 Å². The fourth-order valence-corrected chi connectivity index (χ4v) is 2.45. The smallest absolute Gasteiger partial charge is 0.161 e. The molecule has 0 aromatic carbocycles. The third-order valence-corrected chi connectivity index (χ3v) is 3.91. The van der Waals surface area contributed by atoms with Crippen LogP contribution in [0.15, 0.2) is 33.9 Å². The number of carbonyl (C=O) groups excluding carboxylic acids is 1. The van der Waals surface area contributed by atoms with Gasteiger partial charge in [0, 0.05) is 0 Å². The minimum atomic E-state index is 0.229. The molecule has 0 spiro atoms. The van der Waals surface area contributed by atoms with Crippen molar-refractivity contribution in [1.29, 1.82) is 0 Å². The lowest BCUT2D eigenvalue weighted by Gasteiger charge is -2.32. The number of allylic oxidation sites excluding steroid dienone is 6. The number of carbonyl (C=O) groups is 1. The molecule has 0 bridgehead atoms. The average Bonchev–Trinajstić information content (AvgIpc) is 2.26. The van der Waals surface area contributed by atoms with Crippen LogP contribution in [0.3, 0.4) is 0 Å². The van der Waals surface area contributed by atoms with Crippen LogP contribution in [-0.4, -0.2) is 6.29 Å². The number of hydrogen-bond acceptors (Lipinski definition) is 1. The summed E-state index contributed by atoms with van der Waals surface area (Å²) in [4.78, 5) is 10.6. The Labute approximate surface area is 109 Å². The van der Waals surface area contributed by atoms with E-state index >= 15 is 0 Å². The minimum absolute atomic E-state index is 0.229. The van der Waals surface area contributed by atoms with E-state index in [9.17, 15) is 4.79 Å². The van der Waals surface area contributed by atoms with Gasteiger partial charge in [0.2, 0.25) is 0 Å². The van der Waals surface area contributed by atoms with E-state index in [1.165, 1.54) is 30.4 Å². The van der Waals surface area contributed by atoms with Crippen LogP contribution in [0.5, 0.6) is 0 Å². The zero-order valence-corrected chi connectivity index (χ0v) is 11.9. The summed E-state index contributed by atoms with van der Waals surface area (Å²) in [5, 5.41) is 0.285. The van der Waals surface area contributed by atoms with Gasteiger partial charge in [0.15, 0.2) is 6.29 Å². The molecule has 0 aromatic heterocycles. The van der Waals surface area contributed by atoms with E-state index in [1.807, 2.05) is 13.0 Å². The van der Waals surface area contributed by atoms with Crippen LogP contribution in [0.4, 0.5) is 0 Å². The summed E-state index contributed by atoms with van der Waals surface area (Å²) in [6.07, 6.45) is 8.41. The molecular formula is C15H21ClO. The van der Waals surface area contributed by atoms with Crippen molar-refractivity contribution in [2.24, 2.45) is 5.41 Å². The molecule has 0 fully saturated rings. The molecule has 0 saturated heterocycles. The Hall–Kier alpha value is -0.820. The minimum Gasteiger partial charge on any atom is -0.297 e. The van der Waals surface area contributed by atoms with Crippen molar-refractivity contribution in [3.63, 3.8) is 0 Å². The molecule has 94 valence electrons. The molecule has 0 aliphatic heterocycles. The van der Waals surface area contributed by atoms with Crippen LogP contribution >= 0.6 is 11.6 Å². The Bertz CT molecular complexity index is 397. The molecule has 17 heavy (non-hydrogen) atoms. The Morgan fingerprint density at radius 1 is 1.41 bits per heavy atom. The standard InChI is InChI=1S/C15H21ClO/c1-11-6-5-9-15(3,4)13(11)8-7-12(2)14(16)10-17/h7-8,10H,5-6,9H2,1-4H3/b8-7+,14-12-. The monoisotopic (exact) mass is 252 g/mol. The third-order valence-electron chi connectivity index (χ3n) is 3.52. The van der Waals surface area contributed by atoms with Gasteiger partial charge in [-0.25, -0.2) is 0 Å². The molecule has 0 atom stereocenters. The molecule has 0 saturated carbocycles. The van der Waals surface area contributed by atoms with E-state index in [-0.39, 0.29) is 10.4 Å². The van der Waals surface area contributed by atoms with Gasteiger partial charge in [-0.15, -0.1) is 0 Å². The second kappa shape index (κ2) is 5.68. The predicted octanol–water partition coefficient (Wildman–Crippen LogP) is 4.78. The predicted molar refractivity (Wildman–Crippen MR) is 74.1 cm³/mol. The number of aldehydes is 1. The summed E-state index contributed by atoms with van der Waals surface area (Å²) in [6.45, 7) is 8.60. The van der Waals surface area contributed by atoms with Crippen molar-refractivity contribution in [2.45, 2.75) is 47.0 Å². The molecule has 0 unspecified atom stereocenters. The fraction of sp³-hybridized carbons (Fsp3) is 0.533. The van der Waals surface area contributed by atoms with Crippen LogP contribution in [0.2, 0.25) is 0 Å². The van der Waals surface area contributed by atoms with Crippen molar-refractivity contribution in [3.8, 4) is 0 Å². The maximum Gasteiger partial charge on any atom is 0.161 e. The zero-order chi connectivity index (χ0) is 13.1. The first-order chi connectivity index (χ1) is 7.88. The molecule has 0 heterocycles. The van der Waals surface area contributed by atoms with Crippen LogP contribution in [0.25, 0.3) is 0 Å². The van der Waals surface area contributed by atoms with Crippen LogP contribution < -0.4 is 0 Å². The Kier molecular flexibility index (Phi) is 4.76. The zero-order valence-electron chi connectivity index (χ0n) is 11.1. The third kappa shape index (κ3) is 3.57. The SMILES string of the molecule is CC1=C(/C=C/C(C)=C(\Cl)C=O)C(C)(C)CCC1. The molecular weight excluding hydrogens is 232 g/mol. The van der Waals surface area contributed by atoms with E-state index in [4.69, 9.17) is 11.6 Å². The maximum atomic E-state index is 10.6. The number of halogens is 1. The van der Waals surface area contributed by atoms with Crippen LogP contribution in [-0.2, 0) is 4.79 Å². The highest BCUT2D eigenvalue weighted by atomic mass is 35.5. The summed E-state index contributed by atoms with van der Waals surface area (Å²) in [5.41, 5.74) is 3.89. The summed E-state index contributed by atoms with van der Waals surface area (Å²) in [6, 6.07) is 0.